The number of hydrogen-bond acceptors (Lipinski definition) is 0. The lowest BCUT2D eigenvalue weighted by atomic mass is 9.95. The highest BCUT2D eigenvalue weighted by molar-refractivity contribution is 5.22. The fourth-order valence-corrected chi connectivity index (χ4v) is 2.65. The molecule has 0 aromatic heterocycles. The van der Waals surface area contributed by atoms with Crippen LogP contribution in [0.1, 0.15) is 51.9 Å². The molecular weight excluding hydrogens is 180 g/mol. The molecule has 0 heterocycles. The van der Waals surface area contributed by atoms with Crippen molar-refractivity contribution in [1.29, 1.82) is 0 Å². The molecule has 0 amide bonds. The minimum atomic E-state index is 0.707. The molecule has 0 spiro atoms. The standard InChI is InChI=1S/C15H22/c1-12-5-3-4-6-13(2)15-10-9-14(11-15)8-7-12/h5,11,15H,2-4,6-10H2,1H3/b12-5+/t15-/m0/s1. The van der Waals surface area contributed by atoms with Crippen molar-refractivity contribution in [2.24, 2.45) is 5.92 Å². The predicted molar refractivity (Wildman–Crippen MR) is 66.8 cm³/mol. The topological polar surface area (TPSA) is 0 Å². The Bertz CT molecular complexity index is 304. The molecule has 0 N–H and O–H groups in total. The molecule has 2 aliphatic rings. The normalized spacial score (nSPS) is 31.5. The summed E-state index contributed by atoms with van der Waals surface area (Å²) in [5.74, 6) is 0.707. The molecule has 0 unspecified atom stereocenters. The Labute approximate surface area is 93.8 Å². The maximum absolute atomic E-state index is 4.25. The summed E-state index contributed by atoms with van der Waals surface area (Å²) in [6.45, 7) is 6.53. The van der Waals surface area contributed by atoms with Crippen LogP contribution in [0, 0.1) is 5.92 Å². The average molecular weight is 202 g/mol. The molecule has 2 aliphatic carbocycles. The van der Waals surface area contributed by atoms with Crippen LogP contribution in [0.3, 0.4) is 0 Å². The first-order chi connectivity index (χ1) is 7.25. The molecular formula is C15H22. The van der Waals surface area contributed by atoms with Crippen LogP contribution in [-0.4, -0.2) is 0 Å². The van der Waals surface area contributed by atoms with Gasteiger partial charge in [-0.3, -0.25) is 0 Å². The van der Waals surface area contributed by atoms with Crippen molar-refractivity contribution in [3.63, 3.8) is 0 Å². The maximum Gasteiger partial charge on any atom is -0.00203 e. The average Bonchev–Trinajstić information content (AvgIpc) is 2.68. The van der Waals surface area contributed by atoms with Crippen LogP contribution in [0.25, 0.3) is 0 Å². The largest absolute Gasteiger partial charge is 0.0993 e. The molecule has 0 aromatic rings. The second-order valence-corrected chi connectivity index (χ2v) is 5.07. The minimum Gasteiger partial charge on any atom is -0.0993 e. The molecule has 2 bridgehead atoms. The van der Waals surface area contributed by atoms with Gasteiger partial charge in [0.05, 0.1) is 0 Å². The summed E-state index contributed by atoms with van der Waals surface area (Å²) < 4.78 is 0. The van der Waals surface area contributed by atoms with Crippen LogP contribution in [0.2, 0.25) is 0 Å². The second kappa shape index (κ2) is 4.83. The van der Waals surface area contributed by atoms with Gasteiger partial charge in [-0.2, -0.15) is 0 Å². The van der Waals surface area contributed by atoms with Crippen molar-refractivity contribution >= 4 is 0 Å². The first kappa shape index (κ1) is 10.7. The van der Waals surface area contributed by atoms with Crippen LogP contribution in [0.5, 0.6) is 0 Å². The lowest BCUT2D eigenvalue weighted by Crippen LogP contribution is -1.95. The zero-order chi connectivity index (χ0) is 10.7. The molecule has 0 aromatic carbocycles. The molecule has 0 aliphatic heterocycles. The highest BCUT2D eigenvalue weighted by Gasteiger charge is 2.18. The third kappa shape index (κ3) is 2.84. The smallest absolute Gasteiger partial charge is 0.00203 e. The summed E-state index contributed by atoms with van der Waals surface area (Å²) in [5.41, 5.74) is 4.72. The zero-order valence-corrected chi connectivity index (χ0v) is 9.89. The summed E-state index contributed by atoms with van der Waals surface area (Å²) in [6.07, 6.45) is 13.9. The van der Waals surface area contributed by atoms with Gasteiger partial charge in [-0.1, -0.05) is 35.5 Å². The number of allylic oxidation sites excluding steroid dienone is 5. The molecule has 0 fully saturated rings. The fraction of sp³-hybridized carbons (Fsp3) is 0.600. The molecule has 0 radical (unpaired) electrons. The summed E-state index contributed by atoms with van der Waals surface area (Å²) in [4.78, 5) is 0. The van der Waals surface area contributed by atoms with E-state index < -0.39 is 0 Å². The Morgan fingerprint density at radius 1 is 1.20 bits per heavy atom. The third-order valence-electron chi connectivity index (χ3n) is 3.77. The van der Waals surface area contributed by atoms with E-state index >= 15 is 0 Å². The molecule has 0 saturated heterocycles. The number of fused-ring (bicyclic) bond motifs is 1. The highest BCUT2D eigenvalue weighted by atomic mass is 14.2. The molecule has 82 valence electrons. The van der Waals surface area contributed by atoms with E-state index in [-0.39, 0.29) is 0 Å². The second-order valence-electron chi connectivity index (χ2n) is 5.07. The van der Waals surface area contributed by atoms with Gasteiger partial charge in [0, 0.05) is 0 Å². The van der Waals surface area contributed by atoms with E-state index in [2.05, 4.69) is 25.7 Å². The monoisotopic (exact) mass is 202 g/mol. The van der Waals surface area contributed by atoms with Crippen molar-refractivity contribution in [1.82, 2.24) is 0 Å². The molecule has 15 heavy (non-hydrogen) atoms. The summed E-state index contributed by atoms with van der Waals surface area (Å²) in [6, 6.07) is 0. The predicted octanol–water partition coefficient (Wildman–Crippen LogP) is 4.79. The lowest BCUT2D eigenvalue weighted by Gasteiger charge is -2.10. The molecule has 0 saturated carbocycles. The van der Waals surface area contributed by atoms with Gasteiger partial charge in [0.25, 0.3) is 0 Å². The Morgan fingerprint density at radius 3 is 2.93 bits per heavy atom. The van der Waals surface area contributed by atoms with Gasteiger partial charge in [-0.25, -0.2) is 0 Å². The molecule has 0 heteroatoms. The van der Waals surface area contributed by atoms with Crippen LogP contribution < -0.4 is 0 Å². The van der Waals surface area contributed by atoms with Crippen LogP contribution in [0.4, 0.5) is 0 Å². The van der Waals surface area contributed by atoms with Crippen LogP contribution >= 0.6 is 0 Å². The molecule has 1 atom stereocenters. The Balaban J connectivity index is 2.08. The quantitative estimate of drug-likeness (QED) is 0.495. The van der Waals surface area contributed by atoms with Gasteiger partial charge >= 0.3 is 0 Å². The summed E-state index contributed by atoms with van der Waals surface area (Å²) in [5, 5.41) is 0. The van der Waals surface area contributed by atoms with E-state index in [0.29, 0.717) is 5.92 Å². The van der Waals surface area contributed by atoms with E-state index in [9.17, 15) is 0 Å². The van der Waals surface area contributed by atoms with Gasteiger partial charge in [0.2, 0.25) is 0 Å². The highest BCUT2D eigenvalue weighted by Crippen LogP contribution is 2.34. The van der Waals surface area contributed by atoms with E-state index in [1.165, 1.54) is 50.5 Å². The third-order valence-corrected chi connectivity index (χ3v) is 3.77. The van der Waals surface area contributed by atoms with Crippen molar-refractivity contribution in [2.75, 3.05) is 0 Å². The van der Waals surface area contributed by atoms with Crippen LogP contribution in [0.15, 0.2) is 35.5 Å². The van der Waals surface area contributed by atoms with Crippen LogP contribution in [-0.2, 0) is 0 Å². The van der Waals surface area contributed by atoms with Gasteiger partial charge in [0.1, 0.15) is 0 Å². The van der Waals surface area contributed by atoms with Gasteiger partial charge in [0.15, 0.2) is 0 Å². The Kier molecular flexibility index (Phi) is 3.45. The van der Waals surface area contributed by atoms with Crippen molar-refractivity contribution in [2.45, 2.75) is 51.9 Å². The Morgan fingerprint density at radius 2 is 2.07 bits per heavy atom. The van der Waals surface area contributed by atoms with Gasteiger partial charge in [-0.05, 0) is 57.8 Å². The SMILES string of the molecule is C=C1CCC/C=C(\C)CCC2=C[C@@H]1CC2. The van der Waals surface area contributed by atoms with Gasteiger partial charge < -0.3 is 0 Å². The fourth-order valence-electron chi connectivity index (χ4n) is 2.65. The molecule has 0 nitrogen and oxygen atoms in total. The minimum absolute atomic E-state index is 0.707. The first-order valence-corrected chi connectivity index (χ1v) is 6.28. The van der Waals surface area contributed by atoms with E-state index in [1.54, 1.807) is 11.1 Å². The van der Waals surface area contributed by atoms with Crippen molar-refractivity contribution in [3.05, 3.63) is 35.5 Å². The maximum atomic E-state index is 4.25. The summed E-state index contributed by atoms with van der Waals surface area (Å²) >= 11 is 0. The van der Waals surface area contributed by atoms with Crippen molar-refractivity contribution < 1.29 is 0 Å². The number of rotatable bonds is 0. The van der Waals surface area contributed by atoms with E-state index in [1.807, 2.05) is 0 Å². The Hall–Kier alpha value is -0.780. The first-order valence-electron chi connectivity index (χ1n) is 6.28. The lowest BCUT2D eigenvalue weighted by molar-refractivity contribution is 0.664. The number of hydrogen-bond donors (Lipinski definition) is 0. The van der Waals surface area contributed by atoms with E-state index in [0.717, 1.165) is 0 Å². The summed E-state index contributed by atoms with van der Waals surface area (Å²) in [7, 11) is 0. The van der Waals surface area contributed by atoms with Crippen molar-refractivity contribution in [3.8, 4) is 0 Å². The zero-order valence-electron chi connectivity index (χ0n) is 9.89. The van der Waals surface area contributed by atoms with E-state index in [4.69, 9.17) is 0 Å². The van der Waals surface area contributed by atoms with Gasteiger partial charge in [-0.15, -0.1) is 0 Å². The molecule has 2 rings (SSSR count).